The molecular formula is C15H26N4. The van der Waals surface area contributed by atoms with E-state index in [1.165, 1.54) is 31.2 Å². The number of nitrogens with zero attached hydrogens (tertiary/aromatic N) is 3. The maximum atomic E-state index is 5.99. The number of unbranched alkanes of at least 4 members (excludes halogenated alkanes) is 3. The van der Waals surface area contributed by atoms with Gasteiger partial charge in [-0.2, -0.15) is 0 Å². The number of aromatic nitrogens is 2. The zero-order valence-electron chi connectivity index (χ0n) is 12.0. The molecule has 1 aromatic rings. The van der Waals surface area contributed by atoms with Crippen molar-refractivity contribution in [3.63, 3.8) is 0 Å². The zero-order valence-corrected chi connectivity index (χ0v) is 12.0. The van der Waals surface area contributed by atoms with Crippen LogP contribution < -0.4 is 10.6 Å². The molecule has 1 unspecified atom stereocenters. The Morgan fingerprint density at radius 3 is 2.74 bits per heavy atom. The molecule has 0 radical (unpaired) electrons. The van der Waals surface area contributed by atoms with Crippen molar-refractivity contribution in [2.24, 2.45) is 5.73 Å². The minimum Gasteiger partial charge on any atom is -0.339 e. The molecule has 19 heavy (non-hydrogen) atoms. The quantitative estimate of drug-likeness (QED) is 0.800. The van der Waals surface area contributed by atoms with Crippen LogP contribution in [0.4, 0.5) is 5.95 Å². The molecule has 4 nitrogen and oxygen atoms in total. The van der Waals surface area contributed by atoms with Gasteiger partial charge in [-0.1, -0.05) is 26.2 Å². The van der Waals surface area contributed by atoms with Gasteiger partial charge in [0.05, 0.1) is 0 Å². The molecule has 1 aromatic heterocycles. The predicted octanol–water partition coefficient (Wildman–Crippen LogP) is 2.53. The van der Waals surface area contributed by atoms with Gasteiger partial charge in [0.1, 0.15) is 0 Å². The lowest BCUT2D eigenvalue weighted by Gasteiger charge is -2.30. The van der Waals surface area contributed by atoms with Crippen molar-refractivity contribution < 1.29 is 0 Å². The Bertz CT molecular complexity index is 363. The van der Waals surface area contributed by atoms with Gasteiger partial charge >= 0.3 is 0 Å². The third-order valence-corrected chi connectivity index (χ3v) is 3.75. The lowest BCUT2D eigenvalue weighted by molar-refractivity contribution is 0.499. The van der Waals surface area contributed by atoms with Gasteiger partial charge in [-0.15, -0.1) is 0 Å². The van der Waals surface area contributed by atoms with E-state index < -0.39 is 0 Å². The van der Waals surface area contributed by atoms with Gasteiger partial charge in [-0.3, -0.25) is 0 Å². The summed E-state index contributed by atoms with van der Waals surface area (Å²) in [6.07, 6.45) is 12.5. The van der Waals surface area contributed by atoms with Crippen molar-refractivity contribution in [2.75, 3.05) is 18.0 Å². The summed E-state index contributed by atoms with van der Waals surface area (Å²) in [4.78, 5) is 11.2. The largest absolute Gasteiger partial charge is 0.339 e. The number of rotatable bonds is 6. The Morgan fingerprint density at radius 1 is 1.26 bits per heavy atom. The van der Waals surface area contributed by atoms with Crippen LogP contribution >= 0.6 is 0 Å². The molecule has 4 heteroatoms. The van der Waals surface area contributed by atoms with Crippen LogP contribution in [0.1, 0.15) is 51.0 Å². The Balaban J connectivity index is 1.83. The molecule has 0 amide bonds. The summed E-state index contributed by atoms with van der Waals surface area (Å²) in [5, 5.41) is 0. The van der Waals surface area contributed by atoms with E-state index >= 15 is 0 Å². The molecule has 1 atom stereocenters. The number of nitrogens with two attached hydrogens (primary N) is 1. The fourth-order valence-electron chi connectivity index (χ4n) is 2.59. The first kappa shape index (κ1) is 14.3. The summed E-state index contributed by atoms with van der Waals surface area (Å²) in [7, 11) is 0. The number of hydrogen-bond donors (Lipinski definition) is 1. The van der Waals surface area contributed by atoms with E-state index in [0.29, 0.717) is 0 Å². The highest BCUT2D eigenvalue weighted by molar-refractivity contribution is 5.31. The van der Waals surface area contributed by atoms with E-state index in [2.05, 4.69) is 21.8 Å². The lowest BCUT2D eigenvalue weighted by atomic mass is 10.1. The van der Waals surface area contributed by atoms with Crippen LogP contribution in [-0.2, 0) is 6.42 Å². The smallest absolute Gasteiger partial charge is 0.225 e. The van der Waals surface area contributed by atoms with Crippen molar-refractivity contribution in [1.29, 1.82) is 0 Å². The molecule has 1 aliphatic heterocycles. The minimum absolute atomic E-state index is 0.270. The van der Waals surface area contributed by atoms with Crippen molar-refractivity contribution >= 4 is 5.95 Å². The van der Waals surface area contributed by atoms with Gasteiger partial charge in [0, 0.05) is 31.5 Å². The lowest BCUT2D eigenvalue weighted by Crippen LogP contribution is -2.43. The van der Waals surface area contributed by atoms with E-state index in [-0.39, 0.29) is 6.04 Å². The van der Waals surface area contributed by atoms with Crippen molar-refractivity contribution in [3.8, 4) is 0 Å². The maximum absolute atomic E-state index is 5.99. The third-order valence-electron chi connectivity index (χ3n) is 3.75. The SMILES string of the molecule is CCCCCCc1cnc(N2CCCC(N)C2)nc1. The summed E-state index contributed by atoms with van der Waals surface area (Å²) in [6, 6.07) is 0.270. The predicted molar refractivity (Wildman–Crippen MR) is 79.3 cm³/mol. The van der Waals surface area contributed by atoms with Crippen LogP contribution in [0.25, 0.3) is 0 Å². The van der Waals surface area contributed by atoms with Gasteiger partial charge in [-0.25, -0.2) is 9.97 Å². The molecule has 106 valence electrons. The van der Waals surface area contributed by atoms with E-state index in [1.807, 2.05) is 12.4 Å². The Kier molecular flexibility index (Phi) is 5.58. The highest BCUT2D eigenvalue weighted by Crippen LogP contribution is 2.15. The van der Waals surface area contributed by atoms with Crippen molar-refractivity contribution in [2.45, 2.75) is 57.9 Å². The van der Waals surface area contributed by atoms with Gasteiger partial charge in [0.25, 0.3) is 0 Å². The first-order chi connectivity index (χ1) is 9.29. The van der Waals surface area contributed by atoms with E-state index in [1.54, 1.807) is 0 Å². The van der Waals surface area contributed by atoms with Crippen LogP contribution in [0.15, 0.2) is 12.4 Å². The second kappa shape index (κ2) is 7.43. The van der Waals surface area contributed by atoms with Crippen molar-refractivity contribution in [1.82, 2.24) is 9.97 Å². The molecule has 0 spiro atoms. The topological polar surface area (TPSA) is 55.0 Å². The van der Waals surface area contributed by atoms with Crippen LogP contribution in [-0.4, -0.2) is 29.1 Å². The average molecular weight is 262 g/mol. The maximum Gasteiger partial charge on any atom is 0.225 e. The molecule has 2 rings (SSSR count). The molecule has 2 heterocycles. The summed E-state index contributed by atoms with van der Waals surface area (Å²) in [6.45, 7) is 4.15. The third kappa shape index (κ3) is 4.46. The molecule has 0 saturated carbocycles. The fraction of sp³-hybridized carbons (Fsp3) is 0.733. The molecule has 0 aromatic carbocycles. The highest BCUT2D eigenvalue weighted by atomic mass is 15.3. The summed E-state index contributed by atoms with van der Waals surface area (Å²) >= 11 is 0. The van der Waals surface area contributed by atoms with Crippen LogP contribution in [0.5, 0.6) is 0 Å². The first-order valence-corrected chi connectivity index (χ1v) is 7.61. The fourth-order valence-corrected chi connectivity index (χ4v) is 2.59. The van der Waals surface area contributed by atoms with E-state index in [0.717, 1.165) is 38.3 Å². The average Bonchev–Trinajstić information content (AvgIpc) is 2.44. The highest BCUT2D eigenvalue weighted by Gasteiger charge is 2.18. The zero-order chi connectivity index (χ0) is 13.5. The molecule has 2 N–H and O–H groups in total. The second-order valence-corrected chi connectivity index (χ2v) is 5.55. The molecular weight excluding hydrogens is 236 g/mol. The van der Waals surface area contributed by atoms with Gasteiger partial charge in [-0.05, 0) is 31.2 Å². The van der Waals surface area contributed by atoms with Crippen LogP contribution in [0.3, 0.4) is 0 Å². The standard InChI is InChI=1S/C15H26N4/c1-2-3-4-5-7-13-10-17-15(18-11-13)19-9-6-8-14(16)12-19/h10-11,14H,2-9,12,16H2,1H3. The Morgan fingerprint density at radius 2 is 2.05 bits per heavy atom. The Hall–Kier alpha value is -1.16. The molecule has 0 aliphatic carbocycles. The van der Waals surface area contributed by atoms with Crippen LogP contribution in [0.2, 0.25) is 0 Å². The molecule has 1 fully saturated rings. The van der Waals surface area contributed by atoms with Gasteiger partial charge in [0.2, 0.25) is 5.95 Å². The molecule has 1 saturated heterocycles. The first-order valence-electron chi connectivity index (χ1n) is 7.61. The monoisotopic (exact) mass is 262 g/mol. The summed E-state index contributed by atoms with van der Waals surface area (Å²) in [5.74, 6) is 0.840. The minimum atomic E-state index is 0.270. The number of hydrogen-bond acceptors (Lipinski definition) is 4. The van der Waals surface area contributed by atoms with Gasteiger partial charge in [0.15, 0.2) is 0 Å². The number of piperidine rings is 1. The van der Waals surface area contributed by atoms with E-state index in [4.69, 9.17) is 5.73 Å². The van der Waals surface area contributed by atoms with E-state index in [9.17, 15) is 0 Å². The van der Waals surface area contributed by atoms with Crippen LogP contribution in [0, 0.1) is 0 Å². The molecule has 0 bridgehead atoms. The number of anilines is 1. The van der Waals surface area contributed by atoms with Crippen molar-refractivity contribution in [3.05, 3.63) is 18.0 Å². The number of aryl methyl sites for hydroxylation is 1. The molecule has 1 aliphatic rings. The Labute approximate surface area is 116 Å². The normalized spacial score (nSPS) is 19.7. The van der Waals surface area contributed by atoms with Gasteiger partial charge < -0.3 is 10.6 Å². The summed E-state index contributed by atoms with van der Waals surface area (Å²) in [5.41, 5.74) is 7.24. The summed E-state index contributed by atoms with van der Waals surface area (Å²) < 4.78 is 0. The second-order valence-electron chi connectivity index (χ2n) is 5.55.